The third kappa shape index (κ3) is 5.22. The van der Waals surface area contributed by atoms with Crippen molar-refractivity contribution in [2.75, 3.05) is 25.7 Å². The molecule has 2 rings (SSSR count). The first-order valence-corrected chi connectivity index (χ1v) is 7.80. The van der Waals surface area contributed by atoms with Gasteiger partial charge in [0.05, 0.1) is 7.11 Å². The van der Waals surface area contributed by atoms with Crippen molar-refractivity contribution < 1.29 is 31.8 Å². The molecule has 0 unspecified atom stereocenters. The topological polar surface area (TPSA) is 38.8 Å². The zero-order valence-corrected chi connectivity index (χ0v) is 14.6. The van der Waals surface area contributed by atoms with Crippen LogP contribution in [0.15, 0.2) is 60.6 Å². The number of hydrogen-bond donors (Lipinski definition) is 0. The van der Waals surface area contributed by atoms with Crippen LogP contribution in [0, 0.1) is 0 Å². The molecule has 2 aromatic carbocycles. The van der Waals surface area contributed by atoms with E-state index in [4.69, 9.17) is 4.74 Å². The van der Waals surface area contributed by atoms with Crippen LogP contribution < -0.4 is 9.64 Å². The van der Waals surface area contributed by atoms with Crippen molar-refractivity contribution >= 4 is 17.2 Å². The molecule has 2 aromatic rings. The van der Waals surface area contributed by atoms with E-state index < -0.39 is 35.8 Å². The Morgan fingerprint density at radius 1 is 1.04 bits per heavy atom. The van der Waals surface area contributed by atoms with Crippen LogP contribution in [-0.2, 0) is 9.53 Å². The summed E-state index contributed by atoms with van der Waals surface area (Å²) in [4.78, 5) is 13.3. The molecule has 8 heteroatoms. The Balaban J connectivity index is 2.14. The number of amides is 1. The molecule has 0 aliphatic carbocycles. The lowest BCUT2D eigenvalue weighted by molar-refractivity contribution is -0.122. The fraction of sp³-hybridized carbons (Fsp3) is 0.211. The average Bonchev–Trinajstić information content (AvgIpc) is 2.65. The van der Waals surface area contributed by atoms with Gasteiger partial charge in [-0.1, -0.05) is 30.3 Å². The van der Waals surface area contributed by atoms with E-state index in [2.05, 4.69) is 4.74 Å². The number of anilines is 1. The Morgan fingerprint density at radius 2 is 1.63 bits per heavy atom. The molecule has 0 radical (unpaired) electrons. The number of nitrogens with zero attached hydrogens (tertiary/aromatic N) is 1. The van der Waals surface area contributed by atoms with E-state index in [1.165, 1.54) is 32.4 Å². The minimum absolute atomic E-state index is 0.390. The zero-order chi connectivity index (χ0) is 20.0. The van der Waals surface area contributed by atoms with E-state index in [-0.39, 0.29) is 0 Å². The van der Waals surface area contributed by atoms with Gasteiger partial charge in [0.15, 0.2) is 6.61 Å². The Hall–Kier alpha value is -3.03. The van der Waals surface area contributed by atoms with Crippen LogP contribution in [0.2, 0.25) is 0 Å². The van der Waals surface area contributed by atoms with Crippen LogP contribution in [-0.4, -0.2) is 32.8 Å². The molecule has 0 saturated carbocycles. The van der Waals surface area contributed by atoms with Crippen molar-refractivity contribution in [3.05, 3.63) is 66.2 Å². The summed E-state index contributed by atoms with van der Waals surface area (Å²) < 4.78 is 63.2. The summed E-state index contributed by atoms with van der Waals surface area (Å²) in [6.45, 7) is -0.888. The van der Waals surface area contributed by atoms with E-state index in [1.807, 2.05) is 0 Å². The van der Waals surface area contributed by atoms with Gasteiger partial charge in [-0.15, -0.1) is 0 Å². The van der Waals surface area contributed by atoms with Crippen molar-refractivity contribution in [2.24, 2.45) is 0 Å². The summed E-state index contributed by atoms with van der Waals surface area (Å²) in [7, 11) is 2.88. The number of benzene rings is 2. The quantitative estimate of drug-likeness (QED) is 0.542. The smallest absolute Gasteiger partial charge is 0.422 e. The van der Waals surface area contributed by atoms with Gasteiger partial charge in [-0.05, 0) is 29.8 Å². The summed E-state index contributed by atoms with van der Waals surface area (Å²) in [5.74, 6) is -0.146. The van der Waals surface area contributed by atoms with E-state index >= 15 is 0 Å². The summed E-state index contributed by atoms with van der Waals surface area (Å²) in [6, 6.07) is 10.9. The minimum atomic E-state index is -4.98. The van der Waals surface area contributed by atoms with E-state index in [0.29, 0.717) is 11.4 Å². The summed E-state index contributed by atoms with van der Waals surface area (Å²) in [5.41, 5.74) is -1.51. The molecule has 0 aliphatic heterocycles. The van der Waals surface area contributed by atoms with Gasteiger partial charge in [0.2, 0.25) is 0 Å². The molecule has 0 bridgehead atoms. The molecular formula is C19H17F4NO3. The van der Waals surface area contributed by atoms with Crippen LogP contribution in [0.5, 0.6) is 5.75 Å². The fourth-order valence-electron chi connectivity index (χ4n) is 2.24. The maximum Gasteiger partial charge on any atom is 0.422 e. The number of allylic oxidation sites excluding steroid dienone is 1. The second-order valence-electron chi connectivity index (χ2n) is 5.45. The number of carbonyl (C=O) groups excluding carboxylic acids is 1. The lowest BCUT2D eigenvalue weighted by Crippen LogP contribution is -2.30. The second-order valence-corrected chi connectivity index (χ2v) is 5.45. The molecule has 1 amide bonds. The van der Waals surface area contributed by atoms with Crippen LogP contribution in [0.1, 0.15) is 5.56 Å². The average molecular weight is 383 g/mol. The van der Waals surface area contributed by atoms with Crippen molar-refractivity contribution in [3.63, 3.8) is 0 Å². The number of hydrogen-bond acceptors (Lipinski definition) is 3. The maximum atomic E-state index is 14.1. The highest BCUT2D eigenvalue weighted by molar-refractivity contribution is 5.93. The molecular weight excluding hydrogens is 366 g/mol. The minimum Gasteiger partial charge on any atom is -0.497 e. The van der Waals surface area contributed by atoms with Crippen molar-refractivity contribution in [2.45, 2.75) is 6.18 Å². The molecule has 144 valence electrons. The predicted octanol–water partition coefficient (Wildman–Crippen LogP) is 4.58. The van der Waals surface area contributed by atoms with Gasteiger partial charge < -0.3 is 14.4 Å². The van der Waals surface area contributed by atoms with Crippen LogP contribution in [0.3, 0.4) is 0 Å². The van der Waals surface area contributed by atoms with Gasteiger partial charge in [0.25, 0.3) is 11.9 Å². The van der Waals surface area contributed by atoms with Gasteiger partial charge >= 0.3 is 6.18 Å². The summed E-state index contributed by atoms with van der Waals surface area (Å²) in [6.07, 6.45) is -4.98. The number of rotatable bonds is 6. The highest BCUT2D eigenvalue weighted by atomic mass is 19.4. The Labute approximate surface area is 153 Å². The summed E-state index contributed by atoms with van der Waals surface area (Å²) >= 11 is 0. The largest absolute Gasteiger partial charge is 0.497 e. The molecule has 0 aromatic heterocycles. The molecule has 0 atom stereocenters. The summed E-state index contributed by atoms with van der Waals surface area (Å²) in [5, 5.41) is 0. The normalized spacial score (nSPS) is 12.2. The first-order chi connectivity index (χ1) is 12.7. The van der Waals surface area contributed by atoms with E-state index in [0.717, 1.165) is 17.0 Å². The number of halogens is 4. The number of carbonyl (C=O) groups is 1. The highest BCUT2D eigenvalue weighted by Crippen LogP contribution is 2.37. The monoisotopic (exact) mass is 383 g/mol. The number of likely N-dealkylation sites (N-methyl/N-ethyl adjacent to an activating group) is 1. The molecule has 0 heterocycles. The zero-order valence-electron chi connectivity index (χ0n) is 14.6. The number of alkyl halides is 3. The van der Waals surface area contributed by atoms with Crippen LogP contribution >= 0.6 is 0 Å². The third-order valence-corrected chi connectivity index (χ3v) is 3.70. The van der Waals surface area contributed by atoms with Gasteiger partial charge in [0, 0.05) is 12.7 Å². The SMILES string of the molecule is COc1ccc(N(C)C(=O)CO/C(F)=C(/c2ccccc2)C(F)(F)F)cc1. The van der Waals surface area contributed by atoms with E-state index in [9.17, 15) is 22.4 Å². The molecule has 0 saturated heterocycles. The molecule has 0 spiro atoms. The molecule has 0 fully saturated rings. The van der Waals surface area contributed by atoms with Crippen molar-refractivity contribution in [1.82, 2.24) is 0 Å². The van der Waals surface area contributed by atoms with Gasteiger partial charge in [-0.3, -0.25) is 4.79 Å². The number of ether oxygens (including phenoxy) is 2. The molecule has 27 heavy (non-hydrogen) atoms. The Bertz CT molecular complexity index is 802. The first-order valence-electron chi connectivity index (χ1n) is 7.80. The molecule has 0 N–H and O–H groups in total. The highest BCUT2D eigenvalue weighted by Gasteiger charge is 2.39. The van der Waals surface area contributed by atoms with Crippen LogP contribution in [0.25, 0.3) is 5.57 Å². The second kappa shape index (κ2) is 8.57. The van der Waals surface area contributed by atoms with E-state index in [1.54, 1.807) is 24.3 Å². The maximum absolute atomic E-state index is 14.1. The van der Waals surface area contributed by atoms with Crippen molar-refractivity contribution in [1.29, 1.82) is 0 Å². The number of methoxy groups -OCH3 is 1. The molecule has 4 nitrogen and oxygen atoms in total. The Morgan fingerprint density at radius 3 is 2.15 bits per heavy atom. The Kier molecular flexibility index (Phi) is 6.44. The fourth-order valence-corrected chi connectivity index (χ4v) is 2.24. The lowest BCUT2D eigenvalue weighted by atomic mass is 10.1. The molecule has 0 aliphatic rings. The standard InChI is InChI=1S/C19H17F4NO3/c1-24(14-8-10-15(26-2)11-9-14)16(25)12-27-18(20)17(19(21,22)23)13-6-4-3-5-7-13/h3-11H,12H2,1-2H3/b18-17-. The third-order valence-electron chi connectivity index (χ3n) is 3.70. The van der Waals surface area contributed by atoms with Gasteiger partial charge in [-0.25, -0.2) is 0 Å². The lowest BCUT2D eigenvalue weighted by Gasteiger charge is -2.18. The van der Waals surface area contributed by atoms with Crippen molar-refractivity contribution in [3.8, 4) is 5.75 Å². The predicted molar refractivity (Wildman–Crippen MR) is 92.9 cm³/mol. The van der Waals surface area contributed by atoms with Crippen LogP contribution in [0.4, 0.5) is 23.2 Å². The first kappa shape index (κ1) is 20.3. The van der Waals surface area contributed by atoms with Gasteiger partial charge in [0.1, 0.15) is 11.3 Å². The van der Waals surface area contributed by atoms with Gasteiger partial charge in [-0.2, -0.15) is 17.6 Å².